The number of carboxylic acids is 2. The van der Waals surface area contributed by atoms with E-state index in [1.54, 1.807) is 23.2 Å². The zero-order valence-corrected chi connectivity index (χ0v) is 12.9. The minimum atomic E-state index is -1.73. The van der Waals surface area contributed by atoms with Crippen LogP contribution in [0.5, 0.6) is 0 Å². The number of carbonyl (C=O) groups is 2. The molecule has 2 rings (SSSR count). The molecule has 0 saturated carbocycles. The van der Waals surface area contributed by atoms with E-state index in [4.69, 9.17) is 10.2 Å². The van der Waals surface area contributed by atoms with Crippen LogP contribution in [0.1, 0.15) is 22.3 Å². The summed E-state index contributed by atoms with van der Waals surface area (Å²) >= 11 is 0. The SMILES string of the molecule is O=C(O)c1c(C(=O)O)n(-c2ccccc2)c(=O)[nH]c1=O.[H-].[Na+]. The number of hydrogen-bond donors (Lipinski definition) is 3. The maximum atomic E-state index is 11.8. The Bertz CT molecular complexity index is 815. The van der Waals surface area contributed by atoms with Crippen molar-refractivity contribution < 1.29 is 50.8 Å². The van der Waals surface area contributed by atoms with Gasteiger partial charge in [-0.25, -0.2) is 14.4 Å². The standard InChI is InChI=1S/C12H8N2O6.Na.H/c15-9-7(10(16)17)8(11(18)19)14(12(20)13-9)6-4-2-1-3-5-6;;/h1-5H,(H,16,17)(H,18,19)(H,13,15,20);;/q;+1;-1. The van der Waals surface area contributed by atoms with E-state index < -0.39 is 34.4 Å². The predicted molar refractivity (Wildman–Crippen MR) is 67.7 cm³/mol. The molecule has 0 fully saturated rings. The fraction of sp³-hybridized carbons (Fsp3) is 0. The van der Waals surface area contributed by atoms with Crippen LogP contribution in [0.2, 0.25) is 0 Å². The summed E-state index contributed by atoms with van der Waals surface area (Å²) in [5.74, 6) is -3.41. The third-order valence-corrected chi connectivity index (χ3v) is 2.54. The van der Waals surface area contributed by atoms with Gasteiger partial charge in [0.1, 0.15) is 0 Å². The number of nitrogens with zero attached hydrogens (tertiary/aromatic N) is 1. The average molecular weight is 300 g/mol. The number of aromatic nitrogens is 2. The molecule has 0 atom stereocenters. The van der Waals surface area contributed by atoms with Gasteiger partial charge in [0, 0.05) is 0 Å². The van der Waals surface area contributed by atoms with Crippen molar-refractivity contribution in [3.8, 4) is 5.69 Å². The fourth-order valence-corrected chi connectivity index (χ4v) is 1.76. The van der Waals surface area contributed by atoms with Crippen LogP contribution in [0.25, 0.3) is 5.69 Å². The van der Waals surface area contributed by atoms with Crippen LogP contribution in [0.4, 0.5) is 0 Å². The van der Waals surface area contributed by atoms with Gasteiger partial charge >= 0.3 is 47.2 Å². The molecule has 1 aromatic heterocycles. The summed E-state index contributed by atoms with van der Waals surface area (Å²) < 4.78 is 0.632. The van der Waals surface area contributed by atoms with Crippen molar-refractivity contribution in [2.45, 2.75) is 0 Å². The van der Waals surface area contributed by atoms with Crippen LogP contribution in [0, 0.1) is 0 Å². The Hall–Kier alpha value is -2.16. The van der Waals surface area contributed by atoms with Gasteiger partial charge in [0.15, 0.2) is 11.3 Å². The van der Waals surface area contributed by atoms with Crippen molar-refractivity contribution in [2.75, 3.05) is 0 Å². The molecule has 0 unspecified atom stereocenters. The Kier molecular flexibility index (Phi) is 5.25. The van der Waals surface area contributed by atoms with Crippen molar-refractivity contribution in [1.29, 1.82) is 0 Å². The van der Waals surface area contributed by atoms with Gasteiger partial charge in [0.2, 0.25) is 0 Å². The summed E-state index contributed by atoms with van der Waals surface area (Å²) in [7, 11) is 0. The topological polar surface area (TPSA) is 129 Å². The normalized spacial score (nSPS) is 9.71. The van der Waals surface area contributed by atoms with Crippen molar-refractivity contribution in [2.24, 2.45) is 0 Å². The molecule has 0 aliphatic rings. The second-order valence-corrected chi connectivity index (χ2v) is 3.76. The Balaban J connectivity index is 0.00000220. The molecule has 9 heteroatoms. The number of rotatable bonds is 3. The number of nitrogens with one attached hydrogen (secondary N) is 1. The van der Waals surface area contributed by atoms with Crippen LogP contribution in [0.3, 0.4) is 0 Å². The number of H-pyrrole nitrogens is 1. The molecule has 0 aliphatic heterocycles. The molecular weight excluding hydrogens is 291 g/mol. The van der Waals surface area contributed by atoms with Crippen LogP contribution in [-0.2, 0) is 0 Å². The molecule has 0 spiro atoms. The van der Waals surface area contributed by atoms with Crippen LogP contribution in [-0.4, -0.2) is 31.7 Å². The summed E-state index contributed by atoms with van der Waals surface area (Å²) in [4.78, 5) is 47.4. The molecule has 1 heterocycles. The van der Waals surface area contributed by atoms with Crippen molar-refractivity contribution in [3.05, 3.63) is 62.4 Å². The number of para-hydroxylation sites is 1. The van der Waals surface area contributed by atoms with Crippen molar-refractivity contribution >= 4 is 11.9 Å². The number of benzene rings is 1. The molecule has 3 N–H and O–H groups in total. The Morgan fingerprint density at radius 3 is 2.10 bits per heavy atom. The summed E-state index contributed by atoms with van der Waals surface area (Å²) in [5, 5.41) is 18.1. The van der Waals surface area contributed by atoms with Crippen molar-refractivity contribution in [3.63, 3.8) is 0 Å². The summed E-state index contributed by atoms with van der Waals surface area (Å²) in [6.45, 7) is 0. The van der Waals surface area contributed by atoms with Gasteiger partial charge in [-0.2, -0.15) is 0 Å². The van der Waals surface area contributed by atoms with Gasteiger partial charge in [0.05, 0.1) is 5.69 Å². The number of hydrogen-bond acceptors (Lipinski definition) is 4. The number of carboxylic acid groups (broad SMARTS) is 2. The first-order valence-electron chi connectivity index (χ1n) is 5.35. The Morgan fingerprint density at radius 2 is 1.62 bits per heavy atom. The molecule has 2 aromatic rings. The Morgan fingerprint density at radius 1 is 1.05 bits per heavy atom. The van der Waals surface area contributed by atoms with Gasteiger partial charge in [-0.05, 0) is 12.1 Å². The number of aromatic amines is 1. The first kappa shape index (κ1) is 16.9. The van der Waals surface area contributed by atoms with Gasteiger partial charge in [-0.3, -0.25) is 14.3 Å². The molecular formula is C12H9N2NaO6. The smallest absolute Gasteiger partial charge is 1.00 e. The zero-order valence-electron chi connectivity index (χ0n) is 11.9. The van der Waals surface area contributed by atoms with Crippen LogP contribution >= 0.6 is 0 Å². The molecule has 0 aliphatic carbocycles. The third kappa shape index (κ3) is 3.13. The Labute approximate surface area is 140 Å². The minimum Gasteiger partial charge on any atom is -1.00 e. The molecule has 0 radical (unpaired) electrons. The zero-order chi connectivity index (χ0) is 14.9. The fourth-order valence-electron chi connectivity index (χ4n) is 1.76. The average Bonchev–Trinajstić information content (AvgIpc) is 2.38. The van der Waals surface area contributed by atoms with Crippen LogP contribution in [0.15, 0.2) is 39.9 Å². The van der Waals surface area contributed by atoms with E-state index in [0.717, 1.165) is 0 Å². The molecule has 8 nitrogen and oxygen atoms in total. The summed E-state index contributed by atoms with van der Waals surface area (Å²) in [6, 6.07) is 7.55. The molecule has 1 aromatic carbocycles. The number of aromatic carboxylic acids is 2. The molecule has 21 heavy (non-hydrogen) atoms. The summed E-state index contributed by atoms with van der Waals surface area (Å²) in [6.07, 6.45) is 0. The largest absolute Gasteiger partial charge is 1.00 e. The van der Waals surface area contributed by atoms with Gasteiger partial charge < -0.3 is 11.6 Å². The summed E-state index contributed by atoms with van der Waals surface area (Å²) in [5.41, 5.74) is -4.04. The van der Waals surface area contributed by atoms with Crippen LogP contribution < -0.4 is 40.8 Å². The van der Waals surface area contributed by atoms with E-state index in [1.165, 1.54) is 12.1 Å². The third-order valence-electron chi connectivity index (χ3n) is 2.54. The minimum absolute atomic E-state index is 0. The maximum absolute atomic E-state index is 11.8. The van der Waals surface area contributed by atoms with Gasteiger partial charge in [-0.1, -0.05) is 18.2 Å². The van der Waals surface area contributed by atoms with E-state index in [2.05, 4.69) is 0 Å². The van der Waals surface area contributed by atoms with Gasteiger partial charge in [-0.15, -0.1) is 0 Å². The van der Waals surface area contributed by atoms with Crippen molar-refractivity contribution in [1.82, 2.24) is 9.55 Å². The van der Waals surface area contributed by atoms with E-state index in [9.17, 15) is 19.2 Å². The molecule has 0 amide bonds. The maximum Gasteiger partial charge on any atom is 1.00 e. The predicted octanol–water partition coefficient (Wildman–Crippen LogP) is -2.96. The quantitative estimate of drug-likeness (QED) is 0.519. The first-order chi connectivity index (χ1) is 9.43. The first-order valence-corrected chi connectivity index (χ1v) is 5.35. The van der Waals surface area contributed by atoms with E-state index in [0.29, 0.717) is 4.57 Å². The molecule has 0 saturated heterocycles. The second kappa shape index (κ2) is 6.53. The monoisotopic (exact) mass is 300 g/mol. The second-order valence-electron chi connectivity index (χ2n) is 3.76. The molecule has 104 valence electrons. The van der Waals surface area contributed by atoms with Gasteiger partial charge in [0.25, 0.3) is 5.56 Å². The molecule has 0 bridgehead atoms. The van der Waals surface area contributed by atoms with E-state index in [-0.39, 0.29) is 36.7 Å². The van der Waals surface area contributed by atoms with E-state index >= 15 is 0 Å². The van der Waals surface area contributed by atoms with E-state index in [1.807, 2.05) is 0 Å².